The molecular formula is C27H31FN2O4. The number of likely N-dealkylation sites (N-methyl/N-ethyl adjacent to an activating group) is 1. The van der Waals surface area contributed by atoms with E-state index in [2.05, 4.69) is 11.5 Å². The Hall–Kier alpha value is -3.45. The monoisotopic (exact) mass is 466 g/mol. The summed E-state index contributed by atoms with van der Waals surface area (Å²) < 4.78 is 19.2. The lowest BCUT2D eigenvalue weighted by atomic mass is 9.94. The van der Waals surface area contributed by atoms with Gasteiger partial charge in [-0.2, -0.15) is 0 Å². The topological polar surface area (TPSA) is 70.1 Å². The van der Waals surface area contributed by atoms with Gasteiger partial charge in [0.05, 0.1) is 11.6 Å². The summed E-state index contributed by atoms with van der Waals surface area (Å²) in [6.07, 6.45) is 1.63. The molecule has 0 radical (unpaired) electrons. The highest BCUT2D eigenvalue weighted by molar-refractivity contribution is 6.46. The van der Waals surface area contributed by atoms with Gasteiger partial charge in [0.2, 0.25) is 0 Å². The van der Waals surface area contributed by atoms with Crippen LogP contribution in [0.2, 0.25) is 0 Å². The van der Waals surface area contributed by atoms with Crippen molar-refractivity contribution in [2.45, 2.75) is 26.8 Å². The molecule has 1 unspecified atom stereocenters. The van der Waals surface area contributed by atoms with Gasteiger partial charge in [-0.15, -0.1) is 0 Å². The minimum absolute atomic E-state index is 0.00434. The molecule has 1 heterocycles. The van der Waals surface area contributed by atoms with Gasteiger partial charge in [-0.3, -0.25) is 9.59 Å². The van der Waals surface area contributed by atoms with Crippen LogP contribution < -0.4 is 4.74 Å². The minimum Gasteiger partial charge on any atom is -0.507 e. The number of carbonyl (C=O) groups is 2. The van der Waals surface area contributed by atoms with Crippen molar-refractivity contribution < 1.29 is 23.8 Å². The smallest absolute Gasteiger partial charge is 0.295 e. The zero-order chi connectivity index (χ0) is 24.8. The first-order valence-corrected chi connectivity index (χ1v) is 11.4. The van der Waals surface area contributed by atoms with Crippen LogP contribution in [0.5, 0.6) is 5.75 Å². The number of Topliss-reactive ketones (excluding diaryl/α,β-unsaturated/α-hetero) is 1. The van der Waals surface area contributed by atoms with Crippen LogP contribution in [0.25, 0.3) is 5.76 Å². The lowest BCUT2D eigenvalue weighted by Crippen LogP contribution is -2.38. The summed E-state index contributed by atoms with van der Waals surface area (Å²) in [7, 11) is 0. The van der Waals surface area contributed by atoms with Gasteiger partial charge < -0.3 is 19.6 Å². The number of carbonyl (C=O) groups excluding carboxylic acids is 2. The molecule has 0 aromatic heterocycles. The largest absolute Gasteiger partial charge is 0.507 e. The van der Waals surface area contributed by atoms with E-state index < -0.39 is 23.5 Å². The summed E-state index contributed by atoms with van der Waals surface area (Å²) in [5, 5.41) is 11.2. The molecule has 1 fully saturated rings. The van der Waals surface area contributed by atoms with Crippen molar-refractivity contribution in [2.24, 2.45) is 0 Å². The first kappa shape index (κ1) is 25.2. The van der Waals surface area contributed by atoms with E-state index in [4.69, 9.17) is 4.74 Å². The van der Waals surface area contributed by atoms with E-state index in [9.17, 15) is 19.1 Å². The average molecular weight is 467 g/mol. The molecule has 0 bridgehead atoms. The van der Waals surface area contributed by atoms with E-state index in [1.807, 2.05) is 20.8 Å². The number of amides is 1. The van der Waals surface area contributed by atoms with Crippen LogP contribution in [0.1, 0.15) is 36.6 Å². The molecule has 7 heteroatoms. The molecule has 2 aromatic carbocycles. The van der Waals surface area contributed by atoms with Crippen LogP contribution in [0, 0.1) is 12.7 Å². The summed E-state index contributed by atoms with van der Waals surface area (Å²) in [6.45, 7) is 12.4. The number of ketones is 1. The predicted molar refractivity (Wildman–Crippen MR) is 130 cm³/mol. The van der Waals surface area contributed by atoms with Crippen LogP contribution in [0.15, 0.2) is 60.7 Å². The number of aliphatic hydroxyl groups excluding tert-OH is 1. The molecule has 180 valence electrons. The molecule has 1 saturated heterocycles. The Morgan fingerprint density at radius 3 is 2.44 bits per heavy atom. The van der Waals surface area contributed by atoms with Gasteiger partial charge in [-0.25, -0.2) is 4.39 Å². The van der Waals surface area contributed by atoms with Gasteiger partial charge in [0.1, 0.15) is 23.9 Å². The van der Waals surface area contributed by atoms with Crippen LogP contribution in [0.3, 0.4) is 0 Å². The Morgan fingerprint density at radius 1 is 1.18 bits per heavy atom. The van der Waals surface area contributed by atoms with E-state index in [0.29, 0.717) is 36.6 Å². The second kappa shape index (κ2) is 11.1. The van der Waals surface area contributed by atoms with Crippen molar-refractivity contribution in [2.75, 3.05) is 32.8 Å². The van der Waals surface area contributed by atoms with Crippen molar-refractivity contribution in [3.63, 3.8) is 0 Å². The van der Waals surface area contributed by atoms with Gasteiger partial charge >= 0.3 is 0 Å². The molecule has 2 aromatic rings. The zero-order valence-electron chi connectivity index (χ0n) is 19.9. The molecule has 1 atom stereocenters. The molecule has 34 heavy (non-hydrogen) atoms. The van der Waals surface area contributed by atoms with Crippen molar-refractivity contribution in [1.82, 2.24) is 9.80 Å². The molecule has 0 saturated carbocycles. The fraction of sp³-hybridized carbons (Fsp3) is 0.333. The van der Waals surface area contributed by atoms with Gasteiger partial charge in [0.25, 0.3) is 11.7 Å². The SMILES string of the molecule is C=CCOc1ccc(/C(O)=C2\C(=O)C(=O)N(CCN(CC)CC)C2c2ccc(F)cc2)cc1C. The van der Waals surface area contributed by atoms with E-state index in [0.717, 1.165) is 18.7 Å². The number of aryl methyl sites for hydroxylation is 1. The number of rotatable bonds is 10. The highest BCUT2D eigenvalue weighted by Crippen LogP contribution is 2.39. The minimum atomic E-state index is -0.812. The lowest BCUT2D eigenvalue weighted by Gasteiger charge is -2.28. The Kier molecular flexibility index (Phi) is 8.23. The predicted octanol–water partition coefficient (Wildman–Crippen LogP) is 4.46. The van der Waals surface area contributed by atoms with Gasteiger partial charge in [-0.05, 0) is 61.5 Å². The second-order valence-electron chi connectivity index (χ2n) is 8.15. The summed E-state index contributed by atoms with van der Waals surface area (Å²) in [5.74, 6) is -1.49. The van der Waals surface area contributed by atoms with Gasteiger partial charge in [0, 0.05) is 18.7 Å². The summed E-state index contributed by atoms with van der Waals surface area (Å²) in [5.41, 5.74) is 1.72. The molecular weight excluding hydrogens is 435 g/mol. The third kappa shape index (κ3) is 5.20. The number of ether oxygens (including phenoxy) is 1. The molecule has 1 amide bonds. The average Bonchev–Trinajstić information content (AvgIpc) is 3.09. The molecule has 3 rings (SSSR count). The maximum Gasteiger partial charge on any atom is 0.295 e. The van der Waals surface area contributed by atoms with E-state index in [1.165, 1.54) is 17.0 Å². The number of likely N-dealkylation sites (tertiary alicyclic amines) is 1. The Balaban J connectivity index is 2.07. The van der Waals surface area contributed by atoms with Crippen LogP contribution in [-0.2, 0) is 9.59 Å². The number of hydrogen-bond acceptors (Lipinski definition) is 5. The fourth-order valence-electron chi connectivity index (χ4n) is 4.15. The third-order valence-corrected chi connectivity index (χ3v) is 6.08. The van der Waals surface area contributed by atoms with Crippen LogP contribution in [-0.4, -0.2) is 59.4 Å². The summed E-state index contributed by atoms with van der Waals surface area (Å²) in [6, 6.07) is 9.91. The number of hydrogen-bond donors (Lipinski definition) is 1. The van der Waals surface area contributed by atoms with Crippen molar-refractivity contribution in [1.29, 1.82) is 0 Å². The number of halogens is 1. The molecule has 0 spiro atoms. The summed E-state index contributed by atoms with van der Waals surface area (Å²) >= 11 is 0. The Bertz CT molecular complexity index is 1090. The second-order valence-corrected chi connectivity index (χ2v) is 8.15. The molecule has 1 N–H and O–H groups in total. The number of aliphatic hydroxyl groups is 1. The maximum atomic E-state index is 13.6. The third-order valence-electron chi connectivity index (χ3n) is 6.08. The molecule has 1 aliphatic rings. The highest BCUT2D eigenvalue weighted by Gasteiger charge is 2.46. The first-order chi connectivity index (χ1) is 16.3. The quantitative estimate of drug-likeness (QED) is 0.242. The van der Waals surface area contributed by atoms with E-state index >= 15 is 0 Å². The van der Waals surface area contributed by atoms with Gasteiger partial charge in [-0.1, -0.05) is 38.6 Å². The maximum absolute atomic E-state index is 13.6. The Morgan fingerprint density at radius 2 is 1.85 bits per heavy atom. The highest BCUT2D eigenvalue weighted by atomic mass is 19.1. The number of benzene rings is 2. The van der Waals surface area contributed by atoms with E-state index in [1.54, 1.807) is 36.4 Å². The summed E-state index contributed by atoms with van der Waals surface area (Å²) in [4.78, 5) is 29.8. The van der Waals surface area contributed by atoms with E-state index in [-0.39, 0.29) is 11.3 Å². The Labute approximate surface area is 199 Å². The standard InChI is InChI=1S/C27H31FN2O4/c1-5-16-34-22-13-10-20(17-18(22)4)25(31)23-24(19-8-11-21(28)12-9-19)30(27(33)26(23)32)15-14-29(6-2)7-3/h5,8-13,17,24,31H,1,6-7,14-16H2,2-4H3/b25-23+. The van der Waals surface area contributed by atoms with Crippen molar-refractivity contribution >= 4 is 17.4 Å². The lowest BCUT2D eigenvalue weighted by molar-refractivity contribution is -0.140. The van der Waals surface area contributed by atoms with Crippen molar-refractivity contribution in [3.05, 3.63) is 83.2 Å². The molecule has 6 nitrogen and oxygen atoms in total. The van der Waals surface area contributed by atoms with Crippen molar-refractivity contribution in [3.8, 4) is 5.75 Å². The molecule has 1 aliphatic heterocycles. The zero-order valence-corrected chi connectivity index (χ0v) is 19.9. The first-order valence-electron chi connectivity index (χ1n) is 11.4. The van der Waals surface area contributed by atoms with Crippen LogP contribution in [0.4, 0.5) is 4.39 Å². The number of nitrogens with zero attached hydrogens (tertiary/aromatic N) is 2. The fourth-order valence-corrected chi connectivity index (χ4v) is 4.15. The molecule has 0 aliphatic carbocycles. The van der Waals surface area contributed by atoms with Crippen LogP contribution >= 0.6 is 0 Å². The van der Waals surface area contributed by atoms with Gasteiger partial charge in [0.15, 0.2) is 0 Å². The normalized spacial score (nSPS) is 17.4.